The van der Waals surface area contributed by atoms with E-state index < -0.39 is 23.7 Å². The van der Waals surface area contributed by atoms with Crippen LogP contribution in [0, 0.1) is 0 Å². The summed E-state index contributed by atoms with van der Waals surface area (Å²) in [7, 11) is 1.26. The largest absolute Gasteiger partial charge is 0.508 e. The molecule has 0 saturated carbocycles. The van der Waals surface area contributed by atoms with Gasteiger partial charge in [0.05, 0.1) is 7.11 Å². The Labute approximate surface area is 135 Å². The molecule has 5 N–H and O–H groups in total. The fourth-order valence-corrected chi connectivity index (χ4v) is 2.68. The summed E-state index contributed by atoms with van der Waals surface area (Å²) in [5, 5.41) is 49.3. The minimum atomic E-state index is -2.35. The molecule has 0 bridgehead atoms. The number of carbonyl (C=O) groups excluding carboxylic acids is 1. The third-order valence-corrected chi connectivity index (χ3v) is 3.68. The van der Waals surface area contributed by atoms with E-state index in [1.165, 1.54) is 19.2 Å². The Morgan fingerprint density at radius 1 is 1.04 bits per heavy atom. The molecule has 0 saturated heterocycles. The molecule has 1 atom stereocenters. The van der Waals surface area contributed by atoms with Gasteiger partial charge in [-0.25, -0.2) is 0 Å². The van der Waals surface area contributed by atoms with Gasteiger partial charge in [0.25, 0.3) is 5.79 Å². The second kappa shape index (κ2) is 5.20. The highest BCUT2D eigenvalue weighted by molar-refractivity contribution is 6.08. The van der Waals surface area contributed by atoms with E-state index in [1.54, 1.807) is 0 Å². The van der Waals surface area contributed by atoms with Gasteiger partial charge in [-0.1, -0.05) is 0 Å². The van der Waals surface area contributed by atoms with Crippen molar-refractivity contribution < 1.29 is 39.8 Å². The summed E-state index contributed by atoms with van der Waals surface area (Å²) in [5.74, 6) is -5.16. The first-order valence-corrected chi connectivity index (χ1v) is 6.86. The summed E-state index contributed by atoms with van der Waals surface area (Å²) in [6.45, 7) is 0. The molecule has 0 amide bonds. The number of ether oxygens (including phenoxy) is 2. The van der Waals surface area contributed by atoms with Crippen LogP contribution in [-0.4, -0.2) is 44.2 Å². The number of aliphatic hydroxyl groups is 1. The molecule has 0 radical (unpaired) electrons. The first kappa shape index (κ1) is 15.8. The van der Waals surface area contributed by atoms with E-state index in [0.717, 1.165) is 12.1 Å². The van der Waals surface area contributed by atoms with Gasteiger partial charge in [0.1, 0.15) is 22.8 Å². The zero-order valence-electron chi connectivity index (χ0n) is 12.5. The van der Waals surface area contributed by atoms with Gasteiger partial charge in [-0.05, 0) is 17.7 Å². The second-order valence-corrected chi connectivity index (χ2v) is 5.40. The number of methoxy groups -OCH3 is 1. The van der Waals surface area contributed by atoms with Gasteiger partial charge in [-0.3, -0.25) is 4.79 Å². The fraction of sp³-hybridized carbons (Fsp3) is 0.188. The lowest BCUT2D eigenvalue weighted by Gasteiger charge is -2.21. The monoisotopic (exact) mass is 334 g/mol. The summed E-state index contributed by atoms with van der Waals surface area (Å²) in [4.78, 5) is 12.4. The van der Waals surface area contributed by atoms with Crippen LogP contribution in [0.2, 0.25) is 0 Å². The van der Waals surface area contributed by atoms with Gasteiger partial charge >= 0.3 is 0 Å². The Morgan fingerprint density at radius 3 is 2.25 bits per heavy atom. The van der Waals surface area contributed by atoms with Crippen molar-refractivity contribution in [1.82, 2.24) is 0 Å². The highest BCUT2D eigenvalue weighted by atomic mass is 16.6. The molecular weight excluding hydrogens is 320 g/mol. The van der Waals surface area contributed by atoms with Crippen LogP contribution in [0.5, 0.6) is 34.5 Å². The molecule has 24 heavy (non-hydrogen) atoms. The Hall–Kier alpha value is -3.13. The van der Waals surface area contributed by atoms with E-state index in [4.69, 9.17) is 9.47 Å². The van der Waals surface area contributed by atoms with Crippen LogP contribution in [0.25, 0.3) is 0 Å². The molecular formula is C16H14O8. The van der Waals surface area contributed by atoms with Crippen LogP contribution < -0.4 is 9.47 Å². The molecule has 0 aromatic heterocycles. The maximum absolute atomic E-state index is 12.4. The molecule has 1 aliphatic rings. The van der Waals surface area contributed by atoms with Crippen LogP contribution in [-0.2, 0) is 6.42 Å². The number of aromatic hydroxyl groups is 4. The number of carbonyl (C=O) groups is 1. The highest BCUT2D eigenvalue weighted by Gasteiger charge is 2.48. The van der Waals surface area contributed by atoms with Crippen LogP contribution in [0.4, 0.5) is 0 Å². The zero-order chi connectivity index (χ0) is 17.6. The van der Waals surface area contributed by atoms with E-state index in [1.807, 2.05) is 0 Å². The SMILES string of the molecule is COc1c(O)cc(C[C@]2(O)Oc3cc(O)cc(O)c3C2=O)cc1O. The molecule has 126 valence electrons. The van der Waals surface area contributed by atoms with Crippen LogP contribution in [0.15, 0.2) is 24.3 Å². The van der Waals surface area contributed by atoms with E-state index in [2.05, 4.69) is 0 Å². The van der Waals surface area contributed by atoms with E-state index >= 15 is 0 Å². The molecule has 3 rings (SSSR count). The van der Waals surface area contributed by atoms with Gasteiger partial charge in [0.15, 0.2) is 11.5 Å². The Bertz CT molecular complexity index is 821. The zero-order valence-corrected chi connectivity index (χ0v) is 12.5. The van der Waals surface area contributed by atoms with E-state index in [0.29, 0.717) is 0 Å². The maximum atomic E-state index is 12.4. The predicted molar refractivity (Wildman–Crippen MR) is 79.7 cm³/mol. The van der Waals surface area contributed by atoms with Gasteiger partial charge in [0, 0.05) is 18.6 Å². The lowest BCUT2D eigenvalue weighted by Crippen LogP contribution is -2.42. The molecule has 8 nitrogen and oxygen atoms in total. The molecule has 0 spiro atoms. The number of benzene rings is 2. The van der Waals surface area contributed by atoms with Gasteiger partial charge < -0.3 is 35.0 Å². The number of ketones is 1. The number of hydrogen-bond acceptors (Lipinski definition) is 8. The number of fused-ring (bicyclic) bond motifs is 1. The third kappa shape index (κ3) is 2.33. The molecule has 1 aliphatic heterocycles. The van der Waals surface area contributed by atoms with Gasteiger partial charge in [0.2, 0.25) is 11.5 Å². The van der Waals surface area contributed by atoms with Crippen LogP contribution >= 0.6 is 0 Å². The average molecular weight is 334 g/mol. The van der Waals surface area contributed by atoms with Crippen molar-refractivity contribution in [2.45, 2.75) is 12.2 Å². The topological polar surface area (TPSA) is 137 Å². The minimum Gasteiger partial charge on any atom is -0.508 e. The fourth-order valence-electron chi connectivity index (χ4n) is 2.68. The number of rotatable bonds is 3. The van der Waals surface area contributed by atoms with E-state index in [-0.39, 0.29) is 39.9 Å². The highest BCUT2D eigenvalue weighted by Crippen LogP contribution is 2.44. The smallest absolute Gasteiger partial charge is 0.277 e. The number of phenols is 4. The molecule has 2 aromatic rings. The standard InChI is InChI=1S/C16H14O8/c1-23-14-10(19)2-7(3-11(14)20)6-16(22)15(21)13-9(18)4-8(17)5-12(13)24-16/h2-5,17-20,22H,6H2,1H3/t16-/m0/s1. The number of phenolic OH excluding ortho intramolecular Hbond substituents is 4. The minimum absolute atomic E-state index is 0.143. The first-order valence-electron chi connectivity index (χ1n) is 6.86. The average Bonchev–Trinajstić information content (AvgIpc) is 2.69. The second-order valence-electron chi connectivity index (χ2n) is 5.40. The quantitative estimate of drug-likeness (QED) is 0.561. The summed E-state index contributed by atoms with van der Waals surface area (Å²) in [5.41, 5.74) is -0.0598. The summed E-state index contributed by atoms with van der Waals surface area (Å²) < 4.78 is 10.0. The molecule has 2 aromatic carbocycles. The van der Waals surface area contributed by atoms with Crippen molar-refractivity contribution in [1.29, 1.82) is 0 Å². The van der Waals surface area contributed by atoms with Gasteiger partial charge in [-0.2, -0.15) is 0 Å². The number of Topliss-reactive ketones (excluding diaryl/α,β-unsaturated/α-hetero) is 1. The van der Waals surface area contributed by atoms with Crippen molar-refractivity contribution in [3.63, 3.8) is 0 Å². The summed E-state index contributed by atoms with van der Waals surface area (Å²) in [6, 6.07) is 4.45. The maximum Gasteiger partial charge on any atom is 0.277 e. The Balaban J connectivity index is 1.97. The van der Waals surface area contributed by atoms with Gasteiger partial charge in [-0.15, -0.1) is 0 Å². The lowest BCUT2D eigenvalue weighted by atomic mass is 9.97. The normalized spacial score (nSPS) is 19.0. The van der Waals surface area contributed by atoms with Crippen molar-refractivity contribution in [3.05, 3.63) is 35.4 Å². The third-order valence-electron chi connectivity index (χ3n) is 3.68. The molecule has 1 heterocycles. The molecule has 0 fully saturated rings. The predicted octanol–water partition coefficient (Wildman–Crippen LogP) is 1.02. The molecule has 0 aliphatic carbocycles. The van der Waals surface area contributed by atoms with Crippen LogP contribution in [0.3, 0.4) is 0 Å². The summed E-state index contributed by atoms with van der Waals surface area (Å²) in [6.07, 6.45) is -0.411. The lowest BCUT2D eigenvalue weighted by molar-refractivity contribution is -0.0889. The molecule has 8 heteroatoms. The first-order chi connectivity index (χ1) is 11.2. The Morgan fingerprint density at radius 2 is 1.67 bits per heavy atom. The van der Waals surface area contributed by atoms with E-state index in [9.17, 15) is 30.3 Å². The number of hydrogen-bond donors (Lipinski definition) is 5. The van der Waals surface area contributed by atoms with Crippen molar-refractivity contribution in [2.75, 3.05) is 7.11 Å². The summed E-state index contributed by atoms with van der Waals surface area (Å²) >= 11 is 0. The Kier molecular flexibility index (Phi) is 3.42. The van der Waals surface area contributed by atoms with Crippen molar-refractivity contribution in [2.24, 2.45) is 0 Å². The van der Waals surface area contributed by atoms with Crippen LogP contribution in [0.1, 0.15) is 15.9 Å². The van der Waals surface area contributed by atoms with Crippen molar-refractivity contribution >= 4 is 5.78 Å². The van der Waals surface area contributed by atoms with Crippen molar-refractivity contribution in [3.8, 4) is 34.5 Å². The molecule has 0 unspecified atom stereocenters.